The number of ether oxygens (including phenoxy) is 1. The Morgan fingerprint density at radius 3 is 2.94 bits per heavy atom. The molecule has 1 aromatic rings. The molecule has 0 aliphatic rings. The molecule has 0 aliphatic carbocycles. The largest absolute Gasteiger partial charge is 0.493 e. The van der Waals surface area contributed by atoms with Gasteiger partial charge in [0.05, 0.1) is 12.3 Å². The summed E-state index contributed by atoms with van der Waals surface area (Å²) in [5.41, 5.74) is 1.02. The number of nitrogens with zero attached hydrogens (tertiary/aromatic N) is 2. The van der Waals surface area contributed by atoms with E-state index >= 15 is 0 Å². The molecule has 0 amide bonds. The van der Waals surface area contributed by atoms with E-state index in [1.54, 1.807) is 6.20 Å². The molecule has 0 aromatic carbocycles. The van der Waals surface area contributed by atoms with Crippen LogP contribution in [0, 0.1) is 0 Å². The van der Waals surface area contributed by atoms with E-state index in [-0.39, 0.29) is 0 Å². The van der Waals surface area contributed by atoms with Crippen LogP contribution in [0.2, 0.25) is 0 Å². The van der Waals surface area contributed by atoms with Crippen molar-refractivity contribution in [3.8, 4) is 5.75 Å². The smallest absolute Gasteiger partial charge is 0.122 e. The molecule has 0 saturated carbocycles. The zero-order valence-corrected chi connectivity index (χ0v) is 11.1. The summed E-state index contributed by atoms with van der Waals surface area (Å²) < 4.78 is 5.68. The van der Waals surface area contributed by atoms with Crippen LogP contribution >= 0.6 is 0 Å². The highest BCUT2D eigenvalue weighted by Gasteiger charge is 1.98. The Kier molecular flexibility index (Phi) is 6.58. The zero-order valence-electron chi connectivity index (χ0n) is 11.1. The molecule has 4 nitrogen and oxygen atoms in total. The Labute approximate surface area is 104 Å². The maximum atomic E-state index is 5.68. The van der Waals surface area contributed by atoms with Crippen LogP contribution in [0.3, 0.4) is 0 Å². The zero-order chi connectivity index (χ0) is 12.5. The lowest BCUT2D eigenvalue weighted by Crippen LogP contribution is -2.16. The molecule has 0 bridgehead atoms. The van der Waals surface area contributed by atoms with Gasteiger partial charge in [0.15, 0.2) is 0 Å². The van der Waals surface area contributed by atoms with Crippen molar-refractivity contribution in [2.75, 3.05) is 33.8 Å². The van der Waals surface area contributed by atoms with Crippen LogP contribution in [0.25, 0.3) is 0 Å². The molecule has 1 aromatic heterocycles. The average molecular weight is 237 g/mol. The van der Waals surface area contributed by atoms with E-state index < -0.39 is 0 Å². The molecule has 0 fully saturated rings. The molecular weight excluding hydrogens is 214 g/mol. The summed E-state index contributed by atoms with van der Waals surface area (Å²) in [6.07, 6.45) is 2.84. The van der Waals surface area contributed by atoms with E-state index in [0.29, 0.717) is 0 Å². The molecule has 0 atom stereocenters. The van der Waals surface area contributed by atoms with Crippen molar-refractivity contribution in [3.05, 3.63) is 24.0 Å². The van der Waals surface area contributed by atoms with Gasteiger partial charge in [-0.2, -0.15) is 0 Å². The van der Waals surface area contributed by atoms with Crippen LogP contribution in [0.5, 0.6) is 5.75 Å². The van der Waals surface area contributed by atoms with Crippen molar-refractivity contribution in [3.63, 3.8) is 0 Å². The van der Waals surface area contributed by atoms with Gasteiger partial charge in [0.2, 0.25) is 0 Å². The lowest BCUT2D eigenvalue weighted by Gasteiger charge is -2.10. The molecule has 0 spiro atoms. The lowest BCUT2D eigenvalue weighted by atomic mass is 10.3. The van der Waals surface area contributed by atoms with Gasteiger partial charge in [-0.25, -0.2) is 0 Å². The lowest BCUT2D eigenvalue weighted by molar-refractivity contribution is 0.281. The Balaban J connectivity index is 2.32. The standard InChI is InChI=1S/C13H23N3O/c1-4-14-11-12-10-13(6-7-15-12)17-9-5-8-16(2)3/h6-7,10,14H,4-5,8-9,11H2,1-3H3. The fraction of sp³-hybridized carbons (Fsp3) is 0.615. The third kappa shape index (κ3) is 6.24. The SMILES string of the molecule is CCNCc1cc(OCCCN(C)C)ccn1. The molecule has 4 heteroatoms. The van der Waals surface area contributed by atoms with Crippen molar-refractivity contribution in [2.45, 2.75) is 19.9 Å². The summed E-state index contributed by atoms with van der Waals surface area (Å²) in [6, 6.07) is 3.91. The second-order valence-corrected chi connectivity index (χ2v) is 4.27. The van der Waals surface area contributed by atoms with Crippen LogP contribution in [0.4, 0.5) is 0 Å². The predicted molar refractivity (Wildman–Crippen MR) is 70.3 cm³/mol. The van der Waals surface area contributed by atoms with Crippen LogP contribution in [0.15, 0.2) is 18.3 Å². The van der Waals surface area contributed by atoms with E-state index in [9.17, 15) is 0 Å². The van der Waals surface area contributed by atoms with Gasteiger partial charge in [-0.05, 0) is 33.1 Å². The van der Waals surface area contributed by atoms with E-state index in [0.717, 1.165) is 44.1 Å². The Morgan fingerprint density at radius 1 is 1.41 bits per heavy atom. The molecule has 1 rings (SSSR count). The van der Waals surface area contributed by atoms with Crippen molar-refractivity contribution >= 4 is 0 Å². The van der Waals surface area contributed by atoms with Gasteiger partial charge in [-0.15, -0.1) is 0 Å². The number of hydrogen-bond acceptors (Lipinski definition) is 4. The Morgan fingerprint density at radius 2 is 2.24 bits per heavy atom. The molecule has 96 valence electrons. The van der Waals surface area contributed by atoms with Crippen molar-refractivity contribution < 1.29 is 4.74 Å². The third-order valence-corrected chi connectivity index (χ3v) is 2.36. The minimum Gasteiger partial charge on any atom is -0.493 e. The first kappa shape index (κ1) is 13.9. The summed E-state index contributed by atoms with van der Waals surface area (Å²) in [5.74, 6) is 0.909. The maximum Gasteiger partial charge on any atom is 0.122 e. The van der Waals surface area contributed by atoms with Crippen LogP contribution in [0.1, 0.15) is 19.0 Å². The first-order chi connectivity index (χ1) is 8.22. The monoisotopic (exact) mass is 237 g/mol. The summed E-state index contributed by atoms with van der Waals surface area (Å²) >= 11 is 0. The minimum absolute atomic E-state index is 0.753. The highest BCUT2D eigenvalue weighted by Crippen LogP contribution is 2.11. The van der Waals surface area contributed by atoms with Gasteiger partial charge in [-0.1, -0.05) is 6.92 Å². The number of aromatic nitrogens is 1. The molecule has 0 unspecified atom stereocenters. The Hall–Kier alpha value is -1.13. The van der Waals surface area contributed by atoms with Gasteiger partial charge in [0, 0.05) is 25.4 Å². The molecule has 0 saturated heterocycles. The van der Waals surface area contributed by atoms with Crippen molar-refractivity contribution in [2.24, 2.45) is 0 Å². The van der Waals surface area contributed by atoms with E-state index in [2.05, 4.69) is 36.2 Å². The normalized spacial score (nSPS) is 10.8. The van der Waals surface area contributed by atoms with Crippen LogP contribution < -0.4 is 10.1 Å². The molecule has 17 heavy (non-hydrogen) atoms. The second kappa shape index (κ2) is 8.03. The Bertz CT molecular complexity index is 315. The quantitative estimate of drug-likeness (QED) is 0.696. The number of rotatable bonds is 8. The number of hydrogen-bond donors (Lipinski definition) is 1. The minimum atomic E-state index is 0.753. The molecule has 1 N–H and O–H groups in total. The summed E-state index contributed by atoms with van der Waals surface area (Å²) in [5, 5.41) is 3.25. The van der Waals surface area contributed by atoms with Gasteiger partial charge in [0.25, 0.3) is 0 Å². The molecule has 1 heterocycles. The van der Waals surface area contributed by atoms with Crippen LogP contribution in [-0.2, 0) is 6.54 Å². The van der Waals surface area contributed by atoms with E-state index in [4.69, 9.17) is 4.74 Å². The van der Waals surface area contributed by atoms with E-state index in [1.807, 2.05) is 12.1 Å². The molecule has 0 aliphatic heterocycles. The maximum absolute atomic E-state index is 5.68. The van der Waals surface area contributed by atoms with Crippen LogP contribution in [-0.4, -0.2) is 43.7 Å². The molecular formula is C13H23N3O. The van der Waals surface area contributed by atoms with Crippen molar-refractivity contribution in [1.29, 1.82) is 0 Å². The average Bonchev–Trinajstić information content (AvgIpc) is 2.32. The van der Waals surface area contributed by atoms with Crippen molar-refractivity contribution in [1.82, 2.24) is 15.2 Å². The topological polar surface area (TPSA) is 37.4 Å². The fourth-order valence-electron chi connectivity index (χ4n) is 1.47. The summed E-state index contributed by atoms with van der Waals surface area (Å²) in [4.78, 5) is 6.44. The van der Waals surface area contributed by atoms with Gasteiger partial charge >= 0.3 is 0 Å². The summed E-state index contributed by atoms with van der Waals surface area (Å²) in [7, 11) is 4.14. The number of pyridine rings is 1. The number of nitrogens with one attached hydrogen (secondary N) is 1. The first-order valence-corrected chi connectivity index (χ1v) is 6.15. The second-order valence-electron chi connectivity index (χ2n) is 4.27. The highest BCUT2D eigenvalue weighted by molar-refractivity contribution is 5.22. The fourth-order valence-corrected chi connectivity index (χ4v) is 1.47. The third-order valence-electron chi connectivity index (χ3n) is 2.36. The van der Waals surface area contributed by atoms with Gasteiger partial charge < -0.3 is 15.0 Å². The van der Waals surface area contributed by atoms with Gasteiger partial charge in [0.1, 0.15) is 5.75 Å². The predicted octanol–water partition coefficient (Wildman–Crippen LogP) is 1.52. The highest BCUT2D eigenvalue weighted by atomic mass is 16.5. The molecule has 0 radical (unpaired) electrons. The summed E-state index contributed by atoms with van der Waals surface area (Å²) in [6.45, 7) is 5.64. The first-order valence-electron chi connectivity index (χ1n) is 6.15. The van der Waals surface area contributed by atoms with E-state index in [1.165, 1.54) is 0 Å². The van der Waals surface area contributed by atoms with Gasteiger partial charge in [-0.3, -0.25) is 4.98 Å².